The predicted octanol–water partition coefficient (Wildman–Crippen LogP) is 3.69. The highest BCUT2D eigenvalue weighted by atomic mass is 79.9. The van der Waals surface area contributed by atoms with Crippen LogP contribution in [0.25, 0.3) is 0 Å². The molecule has 0 aliphatic carbocycles. The number of halogens is 1. The van der Waals surface area contributed by atoms with Crippen LogP contribution in [0.3, 0.4) is 0 Å². The maximum absolute atomic E-state index is 3.48. The number of hydrogen-bond donors (Lipinski definition) is 0. The summed E-state index contributed by atoms with van der Waals surface area (Å²) >= 11 is 3.48. The molecule has 0 unspecified atom stereocenters. The number of benzene rings is 1. The summed E-state index contributed by atoms with van der Waals surface area (Å²) < 4.78 is 1.17. The third-order valence-electron chi connectivity index (χ3n) is 2.28. The van der Waals surface area contributed by atoms with E-state index in [0.29, 0.717) is 0 Å². The molecule has 0 saturated carbocycles. The van der Waals surface area contributed by atoms with Crippen LogP contribution < -0.4 is 4.90 Å². The molecule has 0 atom stereocenters. The van der Waals surface area contributed by atoms with Gasteiger partial charge in [-0.25, -0.2) is 0 Å². The lowest BCUT2D eigenvalue weighted by molar-refractivity contribution is 0.949. The van der Waals surface area contributed by atoms with E-state index in [2.05, 4.69) is 45.1 Å². The highest BCUT2D eigenvalue weighted by Crippen LogP contribution is 2.23. The van der Waals surface area contributed by atoms with Crippen LogP contribution in [0.4, 0.5) is 5.69 Å². The average molecular weight is 242 g/mol. The summed E-state index contributed by atoms with van der Waals surface area (Å²) in [6.07, 6.45) is 2.68. The Morgan fingerprint density at radius 2 is 1.85 bits per heavy atom. The summed E-state index contributed by atoms with van der Waals surface area (Å²) in [5, 5.41) is 0. The Balaban J connectivity index is 0.000000845. The van der Waals surface area contributed by atoms with Gasteiger partial charge in [-0.2, -0.15) is 0 Å². The van der Waals surface area contributed by atoms with Crippen molar-refractivity contribution >= 4 is 21.6 Å². The van der Waals surface area contributed by atoms with Crippen molar-refractivity contribution in [2.24, 2.45) is 0 Å². The lowest BCUT2D eigenvalue weighted by Gasteiger charge is -2.17. The second kappa shape index (κ2) is 4.66. The SMILES string of the molecule is Brc1cccc(N2CCCC2)c1.C. The minimum atomic E-state index is 0. The first kappa shape index (κ1) is 10.6. The molecule has 1 aromatic carbocycles. The van der Waals surface area contributed by atoms with E-state index < -0.39 is 0 Å². The summed E-state index contributed by atoms with van der Waals surface area (Å²) in [7, 11) is 0. The number of nitrogens with zero attached hydrogens (tertiary/aromatic N) is 1. The molecule has 1 nitrogen and oxygen atoms in total. The van der Waals surface area contributed by atoms with E-state index in [4.69, 9.17) is 0 Å². The van der Waals surface area contributed by atoms with Gasteiger partial charge in [-0.15, -0.1) is 0 Å². The molecule has 2 rings (SSSR count). The predicted molar refractivity (Wildman–Crippen MR) is 62.3 cm³/mol. The molecule has 72 valence electrons. The Morgan fingerprint density at radius 1 is 1.15 bits per heavy atom. The van der Waals surface area contributed by atoms with Gasteiger partial charge >= 0.3 is 0 Å². The van der Waals surface area contributed by atoms with Crippen molar-refractivity contribution in [2.45, 2.75) is 20.3 Å². The largest absolute Gasteiger partial charge is 0.372 e. The fraction of sp³-hybridized carbons (Fsp3) is 0.455. The molecule has 1 saturated heterocycles. The van der Waals surface area contributed by atoms with Crippen LogP contribution in [0.15, 0.2) is 28.7 Å². The minimum Gasteiger partial charge on any atom is -0.372 e. The topological polar surface area (TPSA) is 3.24 Å². The molecule has 0 amide bonds. The maximum atomic E-state index is 3.48. The molecular formula is C11H16BrN. The molecule has 0 bridgehead atoms. The van der Waals surface area contributed by atoms with E-state index in [9.17, 15) is 0 Å². The van der Waals surface area contributed by atoms with Crippen LogP contribution in [0.2, 0.25) is 0 Å². The zero-order valence-electron chi connectivity index (χ0n) is 6.96. The Hall–Kier alpha value is -0.500. The quantitative estimate of drug-likeness (QED) is 0.726. The number of hydrogen-bond acceptors (Lipinski definition) is 1. The van der Waals surface area contributed by atoms with Crippen LogP contribution in [0.1, 0.15) is 20.3 Å². The highest BCUT2D eigenvalue weighted by Gasteiger charge is 2.11. The molecule has 1 aromatic rings. The van der Waals surface area contributed by atoms with Crippen LogP contribution in [-0.2, 0) is 0 Å². The van der Waals surface area contributed by atoms with Crippen LogP contribution in [0.5, 0.6) is 0 Å². The monoisotopic (exact) mass is 241 g/mol. The lowest BCUT2D eigenvalue weighted by Crippen LogP contribution is -2.17. The fourth-order valence-corrected chi connectivity index (χ4v) is 2.04. The van der Waals surface area contributed by atoms with Gasteiger partial charge < -0.3 is 4.90 Å². The first-order valence-electron chi connectivity index (χ1n) is 4.37. The van der Waals surface area contributed by atoms with Crippen LogP contribution >= 0.6 is 15.9 Å². The van der Waals surface area contributed by atoms with Gasteiger partial charge in [-0.1, -0.05) is 29.4 Å². The van der Waals surface area contributed by atoms with Gasteiger partial charge in [-0.3, -0.25) is 0 Å². The number of rotatable bonds is 1. The highest BCUT2D eigenvalue weighted by molar-refractivity contribution is 9.10. The molecule has 2 heteroatoms. The zero-order chi connectivity index (χ0) is 8.39. The van der Waals surface area contributed by atoms with Crippen molar-refractivity contribution in [2.75, 3.05) is 18.0 Å². The summed E-state index contributed by atoms with van der Waals surface area (Å²) in [4.78, 5) is 2.44. The Morgan fingerprint density at radius 3 is 2.46 bits per heavy atom. The van der Waals surface area contributed by atoms with Gasteiger partial charge in [0.2, 0.25) is 0 Å². The third kappa shape index (κ3) is 2.47. The number of anilines is 1. The molecule has 1 aliphatic rings. The van der Waals surface area contributed by atoms with E-state index in [1.54, 1.807) is 0 Å². The van der Waals surface area contributed by atoms with Crippen LogP contribution in [0, 0.1) is 0 Å². The van der Waals surface area contributed by atoms with E-state index in [1.807, 2.05) is 0 Å². The summed E-state index contributed by atoms with van der Waals surface area (Å²) in [5.74, 6) is 0. The maximum Gasteiger partial charge on any atom is 0.0377 e. The summed E-state index contributed by atoms with van der Waals surface area (Å²) in [6.45, 7) is 2.44. The van der Waals surface area contributed by atoms with Crippen molar-refractivity contribution < 1.29 is 0 Å². The van der Waals surface area contributed by atoms with E-state index in [1.165, 1.54) is 36.1 Å². The Labute approximate surface area is 88.9 Å². The van der Waals surface area contributed by atoms with E-state index in [-0.39, 0.29) is 7.43 Å². The van der Waals surface area contributed by atoms with Crippen molar-refractivity contribution in [1.29, 1.82) is 0 Å². The van der Waals surface area contributed by atoms with Crippen molar-refractivity contribution in [3.8, 4) is 0 Å². The summed E-state index contributed by atoms with van der Waals surface area (Å²) in [6, 6.07) is 8.53. The van der Waals surface area contributed by atoms with Gasteiger partial charge in [0.15, 0.2) is 0 Å². The fourth-order valence-electron chi connectivity index (χ4n) is 1.65. The van der Waals surface area contributed by atoms with Gasteiger partial charge in [0.1, 0.15) is 0 Å². The van der Waals surface area contributed by atoms with Crippen molar-refractivity contribution in [1.82, 2.24) is 0 Å². The first-order valence-corrected chi connectivity index (χ1v) is 5.16. The van der Waals surface area contributed by atoms with Gasteiger partial charge in [-0.05, 0) is 31.0 Å². The van der Waals surface area contributed by atoms with E-state index in [0.717, 1.165) is 0 Å². The second-order valence-electron chi connectivity index (χ2n) is 3.17. The summed E-state index contributed by atoms with van der Waals surface area (Å²) in [5.41, 5.74) is 1.35. The molecule has 1 aliphatic heterocycles. The zero-order valence-corrected chi connectivity index (χ0v) is 8.55. The van der Waals surface area contributed by atoms with Gasteiger partial charge in [0, 0.05) is 23.2 Å². The molecule has 1 heterocycles. The molecule has 13 heavy (non-hydrogen) atoms. The molecular weight excluding hydrogens is 226 g/mol. The third-order valence-corrected chi connectivity index (χ3v) is 2.77. The molecule has 1 fully saturated rings. The van der Waals surface area contributed by atoms with Crippen LogP contribution in [-0.4, -0.2) is 13.1 Å². The Bertz CT molecular complexity index is 267. The standard InChI is InChI=1S/C10H12BrN.CH4/c11-9-4-3-5-10(8-9)12-6-1-2-7-12;/h3-5,8H,1-2,6-7H2;1H4. The molecule has 0 spiro atoms. The molecule has 0 aromatic heterocycles. The van der Waals surface area contributed by atoms with Crippen molar-refractivity contribution in [3.05, 3.63) is 28.7 Å². The molecule has 0 radical (unpaired) electrons. The average Bonchev–Trinajstić information content (AvgIpc) is 2.56. The lowest BCUT2D eigenvalue weighted by atomic mass is 10.3. The molecule has 0 N–H and O–H groups in total. The smallest absolute Gasteiger partial charge is 0.0377 e. The second-order valence-corrected chi connectivity index (χ2v) is 4.09. The van der Waals surface area contributed by atoms with Crippen molar-refractivity contribution in [3.63, 3.8) is 0 Å². The first-order chi connectivity index (χ1) is 5.86. The minimum absolute atomic E-state index is 0. The van der Waals surface area contributed by atoms with Gasteiger partial charge in [0.05, 0.1) is 0 Å². The normalized spacial score (nSPS) is 15.6. The Kier molecular flexibility index (Phi) is 3.79. The van der Waals surface area contributed by atoms with Gasteiger partial charge in [0.25, 0.3) is 0 Å². The van der Waals surface area contributed by atoms with E-state index >= 15 is 0 Å².